The number of esters is 1. The summed E-state index contributed by atoms with van der Waals surface area (Å²) in [6.07, 6.45) is 0.0271. The highest BCUT2D eigenvalue weighted by molar-refractivity contribution is 6.31. The summed E-state index contributed by atoms with van der Waals surface area (Å²) >= 11 is 12.1. The summed E-state index contributed by atoms with van der Waals surface area (Å²) in [5.74, 6) is -1.89. The molecule has 0 aliphatic carbocycles. The average molecular weight is 435 g/mol. The highest BCUT2D eigenvalue weighted by atomic mass is 35.5. The number of benzene rings is 2. The van der Waals surface area contributed by atoms with E-state index >= 15 is 0 Å². The lowest BCUT2D eigenvalue weighted by atomic mass is 10.1. The van der Waals surface area contributed by atoms with Crippen LogP contribution in [0.25, 0.3) is 0 Å². The van der Waals surface area contributed by atoms with Gasteiger partial charge in [-0.2, -0.15) is 0 Å². The molecule has 0 unspecified atom stereocenters. The number of carbonyl (C=O) groups is 3. The normalized spacial score (nSPS) is 16.1. The predicted octanol–water partition coefficient (Wildman–Crippen LogP) is 4.15. The fraction of sp³-hybridized carbons (Fsp3) is 0.286. The Hall–Kier alpha value is -2.57. The number of hydrogen-bond acceptors (Lipinski definition) is 4. The number of nitrogens with zero attached hydrogens (tertiary/aromatic N) is 1. The molecule has 2 aromatic rings. The number of amides is 2. The van der Waals surface area contributed by atoms with Crippen molar-refractivity contribution < 1.29 is 19.1 Å². The second-order valence-electron chi connectivity index (χ2n) is 6.95. The minimum absolute atomic E-state index is 0.0271. The number of aryl methyl sites for hydroxylation is 2. The van der Waals surface area contributed by atoms with E-state index in [1.807, 2.05) is 19.9 Å². The fourth-order valence-corrected chi connectivity index (χ4v) is 3.38. The van der Waals surface area contributed by atoms with Crippen molar-refractivity contribution in [2.45, 2.75) is 20.3 Å². The third-order valence-electron chi connectivity index (χ3n) is 4.74. The predicted molar refractivity (Wildman–Crippen MR) is 112 cm³/mol. The van der Waals surface area contributed by atoms with Gasteiger partial charge >= 0.3 is 5.97 Å². The number of rotatable bonds is 5. The smallest absolute Gasteiger partial charge is 0.311 e. The van der Waals surface area contributed by atoms with Gasteiger partial charge in [0.25, 0.3) is 5.91 Å². The molecule has 6 nitrogen and oxygen atoms in total. The maximum atomic E-state index is 12.3. The first-order valence-corrected chi connectivity index (χ1v) is 9.79. The summed E-state index contributed by atoms with van der Waals surface area (Å²) in [5.41, 5.74) is 2.92. The Morgan fingerprint density at radius 1 is 1.14 bits per heavy atom. The molecule has 29 heavy (non-hydrogen) atoms. The molecule has 2 amide bonds. The zero-order valence-electron chi connectivity index (χ0n) is 16.0. The third-order valence-corrected chi connectivity index (χ3v) is 5.39. The molecule has 0 saturated carbocycles. The number of hydrogen-bond donors (Lipinski definition) is 1. The molecule has 1 heterocycles. The molecule has 1 saturated heterocycles. The van der Waals surface area contributed by atoms with Gasteiger partial charge in [0.15, 0.2) is 6.61 Å². The summed E-state index contributed by atoms with van der Waals surface area (Å²) in [6.45, 7) is 3.44. The first-order chi connectivity index (χ1) is 13.7. The molecule has 1 fully saturated rings. The van der Waals surface area contributed by atoms with Crippen LogP contribution in [0.4, 0.5) is 11.4 Å². The Bertz CT molecular complexity index is 977. The van der Waals surface area contributed by atoms with Crippen LogP contribution in [-0.4, -0.2) is 30.9 Å². The second kappa shape index (κ2) is 8.84. The lowest BCUT2D eigenvalue weighted by Crippen LogP contribution is -2.28. The Kier molecular flexibility index (Phi) is 6.45. The summed E-state index contributed by atoms with van der Waals surface area (Å²) in [6, 6.07) is 10.4. The molecule has 0 spiro atoms. The maximum absolute atomic E-state index is 12.3. The zero-order valence-corrected chi connectivity index (χ0v) is 17.5. The van der Waals surface area contributed by atoms with Crippen molar-refractivity contribution in [1.29, 1.82) is 0 Å². The first-order valence-electron chi connectivity index (χ1n) is 9.03. The standard InChI is InChI=1S/C21H20Cl2N2O4/c1-12-4-6-16(9-17(12)23)25-10-14(7-20(25)27)21(28)29-11-19(26)24-18-8-15(22)5-3-13(18)2/h3-6,8-9,14H,7,10-11H2,1-2H3,(H,24,26)/t14-/m1/s1. The third kappa shape index (κ3) is 5.08. The number of nitrogens with one attached hydrogen (secondary N) is 1. The van der Waals surface area contributed by atoms with Crippen molar-refractivity contribution in [2.24, 2.45) is 5.92 Å². The van der Waals surface area contributed by atoms with Crippen LogP contribution in [0.5, 0.6) is 0 Å². The van der Waals surface area contributed by atoms with Gasteiger partial charge in [-0.25, -0.2) is 0 Å². The van der Waals surface area contributed by atoms with Crippen LogP contribution in [0, 0.1) is 19.8 Å². The van der Waals surface area contributed by atoms with E-state index < -0.39 is 24.4 Å². The Balaban J connectivity index is 1.56. The van der Waals surface area contributed by atoms with Gasteiger partial charge in [0, 0.05) is 34.4 Å². The van der Waals surface area contributed by atoms with Gasteiger partial charge in [0.1, 0.15) is 0 Å². The molecule has 1 aliphatic rings. The molecule has 0 radical (unpaired) electrons. The van der Waals surface area contributed by atoms with Gasteiger partial charge in [0.05, 0.1) is 5.92 Å². The van der Waals surface area contributed by atoms with Crippen LogP contribution < -0.4 is 10.2 Å². The Morgan fingerprint density at radius 2 is 1.86 bits per heavy atom. The second-order valence-corrected chi connectivity index (χ2v) is 7.80. The minimum atomic E-state index is -0.636. The molecule has 1 aliphatic heterocycles. The van der Waals surface area contributed by atoms with Crippen LogP contribution in [0.1, 0.15) is 17.5 Å². The first kappa shape index (κ1) is 21.1. The van der Waals surface area contributed by atoms with E-state index in [0.717, 1.165) is 11.1 Å². The number of ether oxygens (including phenoxy) is 1. The van der Waals surface area contributed by atoms with Gasteiger partial charge in [-0.15, -0.1) is 0 Å². The highest BCUT2D eigenvalue weighted by Gasteiger charge is 2.36. The highest BCUT2D eigenvalue weighted by Crippen LogP contribution is 2.29. The van der Waals surface area contributed by atoms with Crippen LogP contribution in [-0.2, 0) is 19.1 Å². The van der Waals surface area contributed by atoms with Crippen LogP contribution >= 0.6 is 23.2 Å². The largest absolute Gasteiger partial charge is 0.455 e. The molecule has 0 aromatic heterocycles. The molecule has 8 heteroatoms. The zero-order chi connectivity index (χ0) is 21.1. The van der Waals surface area contributed by atoms with Crippen LogP contribution in [0.15, 0.2) is 36.4 Å². The fourth-order valence-electron chi connectivity index (χ4n) is 3.03. The van der Waals surface area contributed by atoms with Crippen molar-refractivity contribution in [3.63, 3.8) is 0 Å². The minimum Gasteiger partial charge on any atom is -0.455 e. The summed E-state index contributed by atoms with van der Waals surface area (Å²) in [7, 11) is 0. The molecule has 1 atom stereocenters. The van der Waals surface area contributed by atoms with Crippen LogP contribution in [0.3, 0.4) is 0 Å². The molecule has 2 aromatic carbocycles. The van der Waals surface area contributed by atoms with Gasteiger partial charge in [-0.3, -0.25) is 14.4 Å². The number of anilines is 2. The van der Waals surface area contributed by atoms with Gasteiger partial charge < -0.3 is 15.0 Å². The van der Waals surface area contributed by atoms with Gasteiger partial charge in [0.2, 0.25) is 5.91 Å². The van der Waals surface area contributed by atoms with Crippen LogP contribution in [0.2, 0.25) is 10.0 Å². The molecule has 0 bridgehead atoms. The van der Waals surface area contributed by atoms with Crippen molar-refractivity contribution >= 4 is 52.4 Å². The van der Waals surface area contributed by atoms with E-state index in [-0.39, 0.29) is 18.9 Å². The number of halogens is 2. The van der Waals surface area contributed by atoms with E-state index in [2.05, 4.69) is 5.32 Å². The molecular weight excluding hydrogens is 415 g/mol. The van der Waals surface area contributed by atoms with E-state index in [1.165, 1.54) is 4.90 Å². The molecule has 1 N–H and O–H groups in total. The van der Waals surface area contributed by atoms with Crippen molar-refractivity contribution in [3.8, 4) is 0 Å². The van der Waals surface area contributed by atoms with Gasteiger partial charge in [-0.05, 0) is 49.2 Å². The Morgan fingerprint density at radius 3 is 2.59 bits per heavy atom. The molecule has 152 valence electrons. The van der Waals surface area contributed by atoms with Crippen molar-refractivity contribution in [3.05, 3.63) is 57.6 Å². The summed E-state index contributed by atoms with van der Waals surface area (Å²) in [4.78, 5) is 38.3. The SMILES string of the molecule is Cc1ccc(N2C[C@H](C(=O)OCC(=O)Nc3cc(Cl)ccc3C)CC2=O)cc1Cl. The van der Waals surface area contributed by atoms with E-state index in [0.29, 0.717) is 21.4 Å². The average Bonchev–Trinajstić information content (AvgIpc) is 3.07. The van der Waals surface area contributed by atoms with E-state index in [1.54, 1.807) is 30.3 Å². The van der Waals surface area contributed by atoms with E-state index in [9.17, 15) is 14.4 Å². The van der Waals surface area contributed by atoms with Crippen molar-refractivity contribution in [2.75, 3.05) is 23.4 Å². The maximum Gasteiger partial charge on any atom is 0.311 e. The Labute approximate surface area is 178 Å². The quantitative estimate of drug-likeness (QED) is 0.717. The lowest BCUT2D eigenvalue weighted by molar-refractivity contribution is -0.151. The topological polar surface area (TPSA) is 75.7 Å². The summed E-state index contributed by atoms with van der Waals surface area (Å²) < 4.78 is 5.12. The monoisotopic (exact) mass is 434 g/mol. The molecule has 3 rings (SSSR count). The van der Waals surface area contributed by atoms with Crippen molar-refractivity contribution in [1.82, 2.24) is 0 Å². The van der Waals surface area contributed by atoms with Gasteiger partial charge in [-0.1, -0.05) is 35.3 Å². The number of carbonyl (C=O) groups excluding carboxylic acids is 3. The molecular formula is C21H20Cl2N2O4. The summed E-state index contributed by atoms with van der Waals surface area (Å²) in [5, 5.41) is 3.70. The lowest BCUT2D eigenvalue weighted by Gasteiger charge is -2.17. The van der Waals surface area contributed by atoms with E-state index in [4.69, 9.17) is 27.9 Å².